The fourth-order valence-corrected chi connectivity index (χ4v) is 2.00. The first-order chi connectivity index (χ1) is 7.97. The lowest BCUT2D eigenvalue weighted by molar-refractivity contribution is -0.125. The van der Waals surface area contributed by atoms with Gasteiger partial charge in [0.25, 0.3) is 0 Å². The molecule has 0 aliphatic carbocycles. The molecule has 0 aliphatic heterocycles. The highest BCUT2D eigenvalue weighted by molar-refractivity contribution is 7.09. The summed E-state index contributed by atoms with van der Waals surface area (Å²) in [6, 6.07) is 0. The van der Waals surface area contributed by atoms with E-state index in [0.717, 1.165) is 19.3 Å². The Morgan fingerprint density at radius 1 is 1.53 bits per heavy atom. The Hall–Kier alpha value is -0.460. The van der Waals surface area contributed by atoms with Crippen molar-refractivity contribution in [3.63, 3.8) is 0 Å². The van der Waals surface area contributed by atoms with E-state index in [0.29, 0.717) is 6.42 Å². The van der Waals surface area contributed by atoms with Crippen molar-refractivity contribution in [3.8, 4) is 0 Å². The second-order valence-corrected chi connectivity index (χ2v) is 5.09. The summed E-state index contributed by atoms with van der Waals surface area (Å²) in [5.74, 6) is 0.289. The second kappa shape index (κ2) is 8.60. The van der Waals surface area contributed by atoms with E-state index >= 15 is 0 Å². The van der Waals surface area contributed by atoms with Crippen molar-refractivity contribution in [1.82, 2.24) is 0 Å². The van der Waals surface area contributed by atoms with Crippen LogP contribution in [0, 0.1) is 5.41 Å². The fourth-order valence-electron chi connectivity index (χ4n) is 1.75. The molecule has 0 amide bonds. The van der Waals surface area contributed by atoms with Gasteiger partial charge < -0.3 is 4.52 Å². The van der Waals surface area contributed by atoms with Gasteiger partial charge in [-0.25, -0.2) is 0 Å². The molecule has 0 radical (unpaired) electrons. The van der Waals surface area contributed by atoms with Crippen LogP contribution in [0.4, 0.5) is 0 Å². The second-order valence-electron chi connectivity index (χ2n) is 4.82. The normalized spacial score (nSPS) is 13.9. The van der Waals surface area contributed by atoms with Crippen molar-refractivity contribution < 1.29 is 9.32 Å². The molecule has 0 N–H and O–H groups in total. The van der Waals surface area contributed by atoms with E-state index in [1.54, 1.807) is 0 Å². The smallest absolute Gasteiger partial charge is 0.142 e. The van der Waals surface area contributed by atoms with Gasteiger partial charge in [-0.1, -0.05) is 18.2 Å². The topological polar surface area (TPSA) is 26.3 Å². The van der Waals surface area contributed by atoms with Gasteiger partial charge in [-0.05, 0) is 40.0 Å². The standard InChI is InChI=1S/C14H25O2P/c1-5-8-12(16-17)9-7-10-13(15)14(3,4)11-6-2/h5-6,11-12H,1,7-10,17H2,2-4H3/b11-6+. The molecular weight excluding hydrogens is 231 g/mol. The molecule has 0 bridgehead atoms. The molecule has 0 spiro atoms. The molecule has 0 aliphatic rings. The minimum atomic E-state index is -0.343. The third kappa shape index (κ3) is 6.75. The molecule has 0 fully saturated rings. The molecule has 2 atom stereocenters. The van der Waals surface area contributed by atoms with E-state index in [2.05, 4.69) is 16.0 Å². The lowest BCUT2D eigenvalue weighted by Gasteiger charge is -2.19. The summed E-state index contributed by atoms with van der Waals surface area (Å²) in [6.07, 6.45) is 9.11. The average Bonchev–Trinajstić information content (AvgIpc) is 2.27. The SMILES string of the molecule is C=CCC(CCCC(=O)C(C)(C)/C=C/C)OP. The van der Waals surface area contributed by atoms with E-state index < -0.39 is 0 Å². The molecule has 0 aromatic carbocycles. The zero-order valence-corrected chi connectivity index (χ0v) is 12.4. The minimum Gasteiger partial charge on any atom is -0.362 e. The third-order valence-corrected chi connectivity index (χ3v) is 3.24. The predicted octanol–water partition coefficient (Wildman–Crippen LogP) is 4.08. The van der Waals surface area contributed by atoms with Crippen LogP contribution in [0.1, 0.15) is 46.5 Å². The number of Topliss-reactive ketones (excluding diaryl/α,β-unsaturated/α-hetero) is 1. The number of allylic oxidation sites excluding steroid dienone is 2. The number of carbonyl (C=O) groups is 1. The van der Waals surface area contributed by atoms with Crippen LogP contribution in [0.5, 0.6) is 0 Å². The number of ketones is 1. The number of hydrogen-bond acceptors (Lipinski definition) is 2. The Kier molecular flexibility index (Phi) is 8.37. The number of hydrogen-bond donors (Lipinski definition) is 0. The van der Waals surface area contributed by atoms with Gasteiger partial charge in [0, 0.05) is 21.3 Å². The minimum absolute atomic E-state index is 0.162. The van der Waals surface area contributed by atoms with Gasteiger partial charge in [-0.3, -0.25) is 4.79 Å². The first kappa shape index (κ1) is 16.5. The van der Waals surface area contributed by atoms with Gasteiger partial charge in [-0.2, -0.15) is 0 Å². The maximum absolute atomic E-state index is 12.0. The number of rotatable bonds is 9. The van der Waals surface area contributed by atoms with Crippen LogP contribution in [-0.4, -0.2) is 11.9 Å². The predicted molar refractivity (Wildman–Crippen MR) is 76.9 cm³/mol. The van der Waals surface area contributed by atoms with E-state index in [-0.39, 0.29) is 17.3 Å². The first-order valence-corrected chi connectivity index (χ1v) is 6.58. The van der Waals surface area contributed by atoms with Crippen molar-refractivity contribution in [1.29, 1.82) is 0 Å². The van der Waals surface area contributed by atoms with Crippen molar-refractivity contribution in [2.75, 3.05) is 0 Å². The van der Waals surface area contributed by atoms with Crippen molar-refractivity contribution in [3.05, 3.63) is 24.8 Å². The average molecular weight is 256 g/mol. The summed E-state index contributed by atoms with van der Waals surface area (Å²) in [5, 5.41) is 0. The Labute approximate surface area is 108 Å². The third-order valence-electron chi connectivity index (χ3n) is 2.85. The number of carbonyl (C=O) groups excluding carboxylic acids is 1. The highest BCUT2D eigenvalue weighted by Crippen LogP contribution is 2.22. The maximum Gasteiger partial charge on any atom is 0.142 e. The molecule has 0 aromatic heterocycles. The summed E-state index contributed by atoms with van der Waals surface area (Å²) in [6.45, 7) is 9.55. The van der Waals surface area contributed by atoms with Crippen molar-refractivity contribution in [2.24, 2.45) is 5.41 Å². The van der Waals surface area contributed by atoms with Crippen LogP contribution in [0.15, 0.2) is 24.8 Å². The lowest BCUT2D eigenvalue weighted by Crippen LogP contribution is -2.21. The molecule has 0 heterocycles. The Balaban J connectivity index is 4.03. The van der Waals surface area contributed by atoms with E-state index in [9.17, 15) is 4.79 Å². The zero-order chi connectivity index (χ0) is 13.3. The van der Waals surface area contributed by atoms with E-state index in [1.807, 2.05) is 39.0 Å². The fraction of sp³-hybridized carbons (Fsp3) is 0.643. The van der Waals surface area contributed by atoms with Gasteiger partial charge in [0.15, 0.2) is 0 Å². The van der Waals surface area contributed by atoms with Crippen LogP contribution in [0.2, 0.25) is 0 Å². The Morgan fingerprint density at radius 3 is 2.65 bits per heavy atom. The highest BCUT2D eigenvalue weighted by atomic mass is 31.0. The summed E-state index contributed by atoms with van der Waals surface area (Å²) >= 11 is 0. The van der Waals surface area contributed by atoms with E-state index in [4.69, 9.17) is 4.52 Å². The summed E-state index contributed by atoms with van der Waals surface area (Å²) < 4.78 is 5.23. The maximum atomic E-state index is 12.0. The van der Waals surface area contributed by atoms with Crippen molar-refractivity contribution >= 4 is 15.2 Å². The van der Waals surface area contributed by atoms with Gasteiger partial charge in [0.2, 0.25) is 0 Å². The zero-order valence-electron chi connectivity index (χ0n) is 11.2. The molecule has 17 heavy (non-hydrogen) atoms. The molecule has 0 rings (SSSR count). The molecule has 2 unspecified atom stereocenters. The van der Waals surface area contributed by atoms with Gasteiger partial charge in [0.1, 0.15) is 5.78 Å². The largest absolute Gasteiger partial charge is 0.362 e. The molecule has 2 nitrogen and oxygen atoms in total. The molecule has 0 aromatic rings. The Morgan fingerprint density at radius 2 is 2.18 bits per heavy atom. The quantitative estimate of drug-likeness (QED) is 0.459. The monoisotopic (exact) mass is 256 g/mol. The summed E-state index contributed by atoms with van der Waals surface area (Å²) in [4.78, 5) is 12.0. The van der Waals surface area contributed by atoms with Crippen LogP contribution >= 0.6 is 9.47 Å². The van der Waals surface area contributed by atoms with Gasteiger partial charge in [-0.15, -0.1) is 6.58 Å². The molecule has 0 saturated heterocycles. The highest BCUT2D eigenvalue weighted by Gasteiger charge is 2.23. The van der Waals surface area contributed by atoms with Crippen LogP contribution in [0.3, 0.4) is 0 Å². The molecular formula is C14H25O2P. The molecule has 0 saturated carbocycles. The summed E-state index contributed by atoms with van der Waals surface area (Å²) in [5.41, 5.74) is -0.343. The molecule has 3 heteroatoms. The Bertz CT molecular complexity index is 269. The lowest BCUT2D eigenvalue weighted by atomic mass is 9.85. The van der Waals surface area contributed by atoms with Gasteiger partial charge >= 0.3 is 0 Å². The van der Waals surface area contributed by atoms with Crippen molar-refractivity contribution in [2.45, 2.75) is 52.6 Å². The van der Waals surface area contributed by atoms with Gasteiger partial charge in [0.05, 0.1) is 6.10 Å². The summed E-state index contributed by atoms with van der Waals surface area (Å²) in [7, 11) is 2.28. The van der Waals surface area contributed by atoms with Crippen LogP contribution in [-0.2, 0) is 9.32 Å². The molecule has 98 valence electrons. The van der Waals surface area contributed by atoms with Crippen LogP contribution < -0.4 is 0 Å². The van der Waals surface area contributed by atoms with E-state index in [1.165, 1.54) is 0 Å². The first-order valence-electron chi connectivity index (χ1n) is 6.11. The van der Waals surface area contributed by atoms with Crippen LogP contribution in [0.25, 0.3) is 0 Å².